The van der Waals surface area contributed by atoms with Gasteiger partial charge in [0.05, 0.1) is 5.54 Å². The molecule has 2 atom stereocenters. The summed E-state index contributed by atoms with van der Waals surface area (Å²) in [5.41, 5.74) is -0.720. The van der Waals surface area contributed by atoms with Crippen LogP contribution in [0.25, 0.3) is 0 Å². The maximum Gasteiger partial charge on any atom is 0.247 e. The van der Waals surface area contributed by atoms with Crippen molar-refractivity contribution >= 4 is 11.8 Å². The van der Waals surface area contributed by atoms with E-state index in [9.17, 15) is 9.59 Å². The van der Waals surface area contributed by atoms with E-state index in [0.717, 1.165) is 12.8 Å². The van der Waals surface area contributed by atoms with Crippen molar-refractivity contribution in [3.63, 3.8) is 0 Å². The van der Waals surface area contributed by atoms with Crippen LogP contribution in [0.3, 0.4) is 0 Å². The molecule has 4 heteroatoms. The van der Waals surface area contributed by atoms with Gasteiger partial charge in [-0.25, -0.2) is 0 Å². The smallest absolute Gasteiger partial charge is 0.247 e. The summed E-state index contributed by atoms with van der Waals surface area (Å²) in [5.74, 6) is 2.84. The monoisotopic (exact) mass is 248 g/mol. The predicted molar refractivity (Wildman–Crippen MR) is 68.5 cm³/mol. The molecule has 2 amide bonds. The summed E-state index contributed by atoms with van der Waals surface area (Å²) in [6, 6.07) is -0.813. The minimum Gasteiger partial charge on any atom is -0.342 e. The van der Waals surface area contributed by atoms with Crippen LogP contribution in [0.1, 0.15) is 40.0 Å². The van der Waals surface area contributed by atoms with Crippen molar-refractivity contribution in [3.05, 3.63) is 0 Å². The Hall–Kier alpha value is -1.50. The summed E-state index contributed by atoms with van der Waals surface area (Å²) in [7, 11) is 0. The molecule has 1 heterocycles. The SMILES string of the molecule is C#CC(C)(C)N1C(=O)C(C2CC2)NC(=O)C1CC. The zero-order valence-corrected chi connectivity index (χ0v) is 11.2. The highest BCUT2D eigenvalue weighted by molar-refractivity contribution is 5.98. The molecule has 1 aliphatic carbocycles. The van der Waals surface area contributed by atoms with Crippen LogP contribution in [0, 0.1) is 18.3 Å². The molecular weight excluding hydrogens is 228 g/mol. The Morgan fingerprint density at radius 1 is 1.44 bits per heavy atom. The Morgan fingerprint density at radius 2 is 2.06 bits per heavy atom. The third kappa shape index (κ3) is 1.98. The van der Waals surface area contributed by atoms with Gasteiger partial charge in [-0.2, -0.15) is 0 Å². The van der Waals surface area contributed by atoms with Gasteiger partial charge in [0.2, 0.25) is 11.8 Å². The highest BCUT2D eigenvalue weighted by atomic mass is 16.2. The predicted octanol–water partition coefficient (Wildman–Crippen LogP) is 0.914. The minimum absolute atomic E-state index is 0.0214. The molecule has 0 aromatic heterocycles. The number of terminal acetylenes is 1. The second-order valence-electron chi connectivity index (χ2n) is 5.66. The topological polar surface area (TPSA) is 49.4 Å². The van der Waals surface area contributed by atoms with Gasteiger partial charge in [0.1, 0.15) is 12.1 Å². The lowest BCUT2D eigenvalue weighted by Crippen LogP contribution is -2.68. The van der Waals surface area contributed by atoms with Crippen LogP contribution in [0.15, 0.2) is 0 Å². The van der Waals surface area contributed by atoms with Gasteiger partial charge in [-0.3, -0.25) is 9.59 Å². The molecule has 2 aliphatic rings. The summed E-state index contributed by atoms with van der Waals surface area (Å²) >= 11 is 0. The fourth-order valence-electron chi connectivity index (χ4n) is 2.58. The van der Waals surface area contributed by atoms with Gasteiger partial charge in [0.25, 0.3) is 0 Å². The third-order valence-electron chi connectivity index (χ3n) is 3.85. The second kappa shape index (κ2) is 4.31. The summed E-state index contributed by atoms with van der Waals surface area (Å²) in [6.07, 6.45) is 8.13. The maximum absolute atomic E-state index is 12.5. The minimum atomic E-state index is -0.720. The molecule has 1 N–H and O–H groups in total. The first-order chi connectivity index (χ1) is 8.42. The van der Waals surface area contributed by atoms with Gasteiger partial charge in [0, 0.05) is 0 Å². The van der Waals surface area contributed by atoms with Crippen molar-refractivity contribution in [1.82, 2.24) is 10.2 Å². The van der Waals surface area contributed by atoms with E-state index in [-0.39, 0.29) is 17.9 Å². The number of carbonyl (C=O) groups is 2. The maximum atomic E-state index is 12.5. The van der Waals surface area contributed by atoms with Gasteiger partial charge in [-0.15, -0.1) is 6.42 Å². The summed E-state index contributed by atoms with van der Waals surface area (Å²) in [6.45, 7) is 5.53. The fourth-order valence-corrected chi connectivity index (χ4v) is 2.58. The van der Waals surface area contributed by atoms with Gasteiger partial charge in [-0.05, 0) is 39.0 Å². The average molecular weight is 248 g/mol. The lowest BCUT2D eigenvalue weighted by Gasteiger charge is -2.45. The molecule has 1 saturated heterocycles. The molecule has 1 aliphatic heterocycles. The molecule has 2 rings (SSSR count). The van der Waals surface area contributed by atoms with Crippen LogP contribution in [-0.2, 0) is 9.59 Å². The van der Waals surface area contributed by atoms with Gasteiger partial charge in [-0.1, -0.05) is 12.8 Å². The number of hydrogen-bond donors (Lipinski definition) is 1. The normalized spacial score (nSPS) is 28.9. The number of amides is 2. The highest BCUT2D eigenvalue weighted by Crippen LogP contribution is 2.36. The zero-order chi connectivity index (χ0) is 13.5. The van der Waals surface area contributed by atoms with Crippen LogP contribution >= 0.6 is 0 Å². The van der Waals surface area contributed by atoms with E-state index in [0.29, 0.717) is 12.3 Å². The highest BCUT2D eigenvalue weighted by Gasteiger charge is 2.50. The molecule has 2 fully saturated rings. The number of rotatable bonds is 3. The van der Waals surface area contributed by atoms with Gasteiger partial charge >= 0.3 is 0 Å². The Morgan fingerprint density at radius 3 is 2.50 bits per heavy atom. The Bertz CT molecular complexity index is 418. The molecule has 18 heavy (non-hydrogen) atoms. The number of piperazine rings is 1. The average Bonchev–Trinajstić information content (AvgIpc) is 3.14. The summed E-state index contributed by atoms with van der Waals surface area (Å²) < 4.78 is 0. The molecule has 0 bridgehead atoms. The van der Waals surface area contributed by atoms with Crippen LogP contribution < -0.4 is 5.32 Å². The molecule has 1 saturated carbocycles. The largest absolute Gasteiger partial charge is 0.342 e. The summed E-state index contributed by atoms with van der Waals surface area (Å²) in [4.78, 5) is 26.3. The van der Waals surface area contributed by atoms with Crippen molar-refractivity contribution in [2.75, 3.05) is 0 Å². The number of nitrogens with zero attached hydrogens (tertiary/aromatic N) is 1. The molecule has 0 radical (unpaired) electrons. The first-order valence-electron chi connectivity index (χ1n) is 6.53. The zero-order valence-electron chi connectivity index (χ0n) is 11.2. The lowest BCUT2D eigenvalue weighted by atomic mass is 9.93. The Balaban J connectivity index is 2.33. The third-order valence-corrected chi connectivity index (χ3v) is 3.85. The van der Waals surface area contributed by atoms with Crippen LogP contribution in [-0.4, -0.2) is 34.3 Å². The van der Waals surface area contributed by atoms with Crippen molar-refractivity contribution < 1.29 is 9.59 Å². The van der Waals surface area contributed by atoms with Crippen LogP contribution in [0.2, 0.25) is 0 Å². The van der Waals surface area contributed by atoms with Crippen LogP contribution in [0.4, 0.5) is 0 Å². The molecule has 98 valence electrons. The van der Waals surface area contributed by atoms with E-state index < -0.39 is 11.6 Å². The quantitative estimate of drug-likeness (QED) is 0.755. The number of carbonyl (C=O) groups excluding carboxylic acids is 2. The van der Waals surface area contributed by atoms with E-state index in [2.05, 4.69) is 11.2 Å². The molecule has 2 unspecified atom stereocenters. The Labute approximate surface area is 108 Å². The molecular formula is C14H20N2O2. The number of hydrogen-bond acceptors (Lipinski definition) is 2. The fraction of sp³-hybridized carbons (Fsp3) is 0.714. The van der Waals surface area contributed by atoms with E-state index in [1.54, 1.807) is 4.90 Å². The van der Waals surface area contributed by atoms with Gasteiger partial charge in [0.15, 0.2) is 0 Å². The van der Waals surface area contributed by atoms with Crippen molar-refractivity contribution in [1.29, 1.82) is 0 Å². The molecule has 0 aromatic carbocycles. The molecule has 0 aromatic rings. The van der Waals surface area contributed by atoms with E-state index in [1.165, 1.54) is 0 Å². The van der Waals surface area contributed by atoms with Gasteiger partial charge < -0.3 is 10.2 Å². The van der Waals surface area contributed by atoms with E-state index in [4.69, 9.17) is 6.42 Å². The van der Waals surface area contributed by atoms with E-state index >= 15 is 0 Å². The first-order valence-corrected chi connectivity index (χ1v) is 6.53. The van der Waals surface area contributed by atoms with Crippen molar-refractivity contribution in [2.24, 2.45) is 5.92 Å². The number of nitrogens with one attached hydrogen (secondary N) is 1. The Kier molecular flexibility index (Phi) is 3.10. The van der Waals surface area contributed by atoms with Crippen molar-refractivity contribution in [2.45, 2.75) is 57.7 Å². The summed E-state index contributed by atoms with van der Waals surface area (Å²) in [5, 5.41) is 2.86. The van der Waals surface area contributed by atoms with Crippen molar-refractivity contribution in [3.8, 4) is 12.3 Å². The molecule has 0 spiro atoms. The standard InChI is InChI=1S/C14H20N2O2/c1-5-10-12(17)15-11(9-7-8-9)13(18)16(10)14(3,4)6-2/h2,9-11H,5,7-8H2,1,3-4H3,(H,15,17). The first kappa shape index (κ1) is 12.9. The second-order valence-corrected chi connectivity index (χ2v) is 5.66. The molecule has 4 nitrogen and oxygen atoms in total. The van der Waals surface area contributed by atoms with E-state index in [1.807, 2.05) is 20.8 Å². The lowest BCUT2D eigenvalue weighted by molar-refractivity contribution is -0.154. The van der Waals surface area contributed by atoms with Crippen LogP contribution in [0.5, 0.6) is 0 Å².